The van der Waals surface area contributed by atoms with Crippen molar-refractivity contribution in [1.82, 2.24) is 0 Å². The lowest BCUT2D eigenvalue weighted by atomic mass is 10.1. The molecule has 1 aromatic carbocycles. The highest BCUT2D eigenvalue weighted by Gasteiger charge is 2.16. The first-order valence-corrected chi connectivity index (χ1v) is 4.03. The van der Waals surface area contributed by atoms with Gasteiger partial charge in [0.1, 0.15) is 6.07 Å². The fourth-order valence-corrected chi connectivity index (χ4v) is 1.02. The molecule has 5 heteroatoms. The highest BCUT2D eigenvalue weighted by molar-refractivity contribution is 6.02. The number of carbonyl (C=O) groups is 2. The zero-order chi connectivity index (χ0) is 11.3. The van der Waals surface area contributed by atoms with Crippen LogP contribution in [0.1, 0.15) is 20.7 Å². The van der Waals surface area contributed by atoms with Gasteiger partial charge in [-0.05, 0) is 12.1 Å². The number of esters is 1. The number of carbonyl (C=O) groups excluding carboxylic acids is 1. The van der Waals surface area contributed by atoms with Crippen molar-refractivity contribution in [1.29, 1.82) is 5.26 Å². The Balaban J connectivity index is 2.98. The molecule has 0 aromatic heterocycles. The van der Waals surface area contributed by atoms with E-state index in [2.05, 4.69) is 4.74 Å². The average molecular weight is 205 g/mol. The molecule has 0 aliphatic carbocycles. The topological polar surface area (TPSA) is 87.4 Å². The van der Waals surface area contributed by atoms with Crippen LogP contribution in [0.25, 0.3) is 0 Å². The van der Waals surface area contributed by atoms with E-state index in [1.807, 2.05) is 0 Å². The lowest BCUT2D eigenvalue weighted by molar-refractivity contribution is 0.0541. The van der Waals surface area contributed by atoms with Crippen LogP contribution in [0.15, 0.2) is 24.3 Å². The van der Waals surface area contributed by atoms with Gasteiger partial charge in [0.2, 0.25) is 0 Å². The van der Waals surface area contributed by atoms with Gasteiger partial charge in [-0.15, -0.1) is 0 Å². The zero-order valence-corrected chi connectivity index (χ0v) is 7.64. The van der Waals surface area contributed by atoms with Crippen LogP contribution in [-0.4, -0.2) is 23.7 Å². The zero-order valence-electron chi connectivity index (χ0n) is 7.64. The van der Waals surface area contributed by atoms with Gasteiger partial charge in [0, 0.05) is 0 Å². The summed E-state index contributed by atoms with van der Waals surface area (Å²) in [4.78, 5) is 22.0. The predicted octanol–water partition coefficient (Wildman–Crippen LogP) is 1.07. The molecule has 0 atom stereocenters. The molecule has 0 saturated heterocycles. The number of aromatic carboxylic acids is 1. The van der Waals surface area contributed by atoms with Crippen LogP contribution in [0.3, 0.4) is 0 Å². The van der Waals surface area contributed by atoms with Crippen molar-refractivity contribution < 1.29 is 19.4 Å². The first-order valence-electron chi connectivity index (χ1n) is 4.03. The Kier molecular flexibility index (Phi) is 3.41. The molecule has 0 bridgehead atoms. The Morgan fingerprint density at radius 2 is 1.93 bits per heavy atom. The van der Waals surface area contributed by atoms with E-state index in [-0.39, 0.29) is 11.1 Å². The van der Waals surface area contributed by atoms with Crippen molar-refractivity contribution in [3.05, 3.63) is 35.4 Å². The summed E-state index contributed by atoms with van der Waals surface area (Å²) in [6.07, 6.45) is 0. The molecule has 0 spiro atoms. The summed E-state index contributed by atoms with van der Waals surface area (Å²) in [7, 11) is 0. The van der Waals surface area contributed by atoms with Crippen LogP contribution in [0.5, 0.6) is 0 Å². The van der Waals surface area contributed by atoms with Crippen molar-refractivity contribution in [3.8, 4) is 6.07 Å². The summed E-state index contributed by atoms with van der Waals surface area (Å²) in [5.41, 5.74) is -0.194. The molecular formula is C10H7NO4. The molecule has 1 N–H and O–H groups in total. The van der Waals surface area contributed by atoms with Gasteiger partial charge in [0.25, 0.3) is 0 Å². The molecule has 5 nitrogen and oxygen atoms in total. The summed E-state index contributed by atoms with van der Waals surface area (Å²) in [6, 6.07) is 7.29. The second kappa shape index (κ2) is 4.77. The van der Waals surface area contributed by atoms with Crippen LogP contribution in [0.4, 0.5) is 0 Å². The van der Waals surface area contributed by atoms with Gasteiger partial charge < -0.3 is 9.84 Å². The predicted molar refractivity (Wildman–Crippen MR) is 49.3 cm³/mol. The molecule has 76 valence electrons. The average Bonchev–Trinajstić information content (AvgIpc) is 2.25. The lowest BCUT2D eigenvalue weighted by Gasteiger charge is -2.03. The molecule has 15 heavy (non-hydrogen) atoms. The van der Waals surface area contributed by atoms with Crippen LogP contribution in [0.2, 0.25) is 0 Å². The van der Waals surface area contributed by atoms with Crippen molar-refractivity contribution in [2.24, 2.45) is 0 Å². The molecule has 0 aliphatic heterocycles. The maximum absolute atomic E-state index is 11.3. The maximum Gasteiger partial charge on any atom is 0.340 e. The fourth-order valence-electron chi connectivity index (χ4n) is 1.02. The number of hydrogen-bond acceptors (Lipinski definition) is 4. The smallest absolute Gasteiger partial charge is 0.340 e. The van der Waals surface area contributed by atoms with Gasteiger partial charge in [-0.1, -0.05) is 12.1 Å². The quantitative estimate of drug-likeness (QED) is 0.745. The molecule has 0 unspecified atom stereocenters. The number of nitriles is 1. The van der Waals surface area contributed by atoms with E-state index in [4.69, 9.17) is 10.4 Å². The Hall–Kier alpha value is -2.35. The van der Waals surface area contributed by atoms with E-state index >= 15 is 0 Å². The minimum absolute atomic E-state index is 0.0553. The van der Waals surface area contributed by atoms with Crippen molar-refractivity contribution in [2.45, 2.75) is 0 Å². The number of benzene rings is 1. The first kappa shape index (κ1) is 10.7. The summed E-state index contributed by atoms with van der Waals surface area (Å²) >= 11 is 0. The second-order valence-corrected chi connectivity index (χ2v) is 2.58. The molecule has 0 saturated carbocycles. The first-order chi connectivity index (χ1) is 7.16. The van der Waals surface area contributed by atoms with Crippen LogP contribution in [-0.2, 0) is 4.74 Å². The maximum atomic E-state index is 11.3. The normalized spacial score (nSPS) is 9.00. The van der Waals surface area contributed by atoms with E-state index < -0.39 is 18.5 Å². The Labute approximate surface area is 85.5 Å². The molecule has 0 aliphatic rings. The van der Waals surface area contributed by atoms with E-state index in [9.17, 15) is 9.59 Å². The Morgan fingerprint density at radius 1 is 1.33 bits per heavy atom. The Bertz CT molecular complexity index is 433. The van der Waals surface area contributed by atoms with E-state index in [0.29, 0.717) is 0 Å². The molecule has 0 radical (unpaired) electrons. The third-order valence-corrected chi connectivity index (χ3v) is 1.65. The SMILES string of the molecule is N#CCOC(=O)c1ccccc1C(=O)O. The minimum Gasteiger partial charge on any atom is -0.478 e. The Morgan fingerprint density at radius 3 is 2.47 bits per heavy atom. The molecule has 1 rings (SSSR count). The van der Waals surface area contributed by atoms with E-state index in [1.54, 1.807) is 6.07 Å². The van der Waals surface area contributed by atoms with Gasteiger partial charge in [-0.2, -0.15) is 5.26 Å². The summed E-state index contributed by atoms with van der Waals surface area (Å²) in [5, 5.41) is 17.0. The van der Waals surface area contributed by atoms with Crippen molar-refractivity contribution in [3.63, 3.8) is 0 Å². The van der Waals surface area contributed by atoms with Crippen LogP contribution < -0.4 is 0 Å². The number of rotatable bonds is 3. The number of carboxylic acids is 1. The largest absolute Gasteiger partial charge is 0.478 e. The second-order valence-electron chi connectivity index (χ2n) is 2.58. The minimum atomic E-state index is -1.21. The third kappa shape index (κ3) is 2.54. The van der Waals surface area contributed by atoms with E-state index in [1.165, 1.54) is 24.3 Å². The molecule has 0 amide bonds. The molecular weight excluding hydrogens is 198 g/mol. The van der Waals surface area contributed by atoms with Crippen LogP contribution in [0, 0.1) is 11.3 Å². The molecule has 0 heterocycles. The van der Waals surface area contributed by atoms with Gasteiger partial charge in [0.05, 0.1) is 11.1 Å². The standard InChI is InChI=1S/C10H7NO4/c11-5-6-15-10(14)8-4-2-1-3-7(8)9(12)13/h1-4H,6H2,(H,12,13). The third-order valence-electron chi connectivity index (χ3n) is 1.65. The van der Waals surface area contributed by atoms with E-state index in [0.717, 1.165) is 0 Å². The monoisotopic (exact) mass is 205 g/mol. The molecule has 1 aromatic rings. The van der Waals surface area contributed by atoms with Crippen LogP contribution >= 0.6 is 0 Å². The van der Waals surface area contributed by atoms with Gasteiger partial charge in [-0.3, -0.25) is 0 Å². The molecule has 0 fully saturated rings. The summed E-state index contributed by atoms with van der Waals surface area (Å²) in [6.45, 7) is -0.396. The summed E-state index contributed by atoms with van der Waals surface area (Å²) in [5.74, 6) is -2.02. The van der Waals surface area contributed by atoms with Gasteiger partial charge in [-0.25, -0.2) is 9.59 Å². The highest BCUT2D eigenvalue weighted by Crippen LogP contribution is 2.09. The number of ether oxygens (including phenoxy) is 1. The van der Waals surface area contributed by atoms with Gasteiger partial charge in [0.15, 0.2) is 6.61 Å². The highest BCUT2D eigenvalue weighted by atomic mass is 16.5. The fraction of sp³-hybridized carbons (Fsp3) is 0.100. The van der Waals surface area contributed by atoms with Crippen molar-refractivity contribution >= 4 is 11.9 Å². The number of carboxylic acid groups (broad SMARTS) is 1. The lowest BCUT2D eigenvalue weighted by Crippen LogP contribution is -2.11. The number of nitrogens with zero attached hydrogens (tertiary/aromatic N) is 1. The number of hydrogen-bond donors (Lipinski definition) is 1. The van der Waals surface area contributed by atoms with Gasteiger partial charge >= 0.3 is 11.9 Å². The summed E-state index contributed by atoms with van der Waals surface area (Å²) < 4.78 is 4.50. The van der Waals surface area contributed by atoms with Crippen molar-refractivity contribution in [2.75, 3.05) is 6.61 Å².